The summed E-state index contributed by atoms with van der Waals surface area (Å²) < 4.78 is 48.0. The lowest BCUT2D eigenvalue weighted by atomic mass is 9.96. The highest BCUT2D eigenvalue weighted by Crippen LogP contribution is 2.43. The van der Waals surface area contributed by atoms with Gasteiger partial charge in [0.25, 0.3) is 10.0 Å². The Kier molecular flexibility index (Phi) is 6.72. The van der Waals surface area contributed by atoms with Crippen molar-refractivity contribution < 1.29 is 22.7 Å². The number of anilines is 1. The summed E-state index contributed by atoms with van der Waals surface area (Å²) in [6, 6.07) is 17.7. The summed E-state index contributed by atoms with van der Waals surface area (Å²) in [5.41, 5.74) is 1.19. The van der Waals surface area contributed by atoms with Crippen LogP contribution in [0.2, 0.25) is 5.02 Å². The highest BCUT2D eigenvalue weighted by molar-refractivity contribution is 7.93. The summed E-state index contributed by atoms with van der Waals surface area (Å²) in [5.74, 6) is 0.547. The fourth-order valence-corrected chi connectivity index (χ4v) is 6.63. The van der Waals surface area contributed by atoms with Crippen LogP contribution in [0.3, 0.4) is 0 Å². The summed E-state index contributed by atoms with van der Waals surface area (Å²) in [4.78, 5) is 2.22. The Morgan fingerprint density at radius 3 is 2.49 bits per heavy atom. The van der Waals surface area contributed by atoms with E-state index in [0.717, 1.165) is 25.9 Å². The van der Waals surface area contributed by atoms with Crippen molar-refractivity contribution in [2.45, 2.75) is 23.8 Å². The number of fused-ring (bicyclic) bond motifs is 2. The first-order valence-corrected chi connectivity index (χ1v) is 13.4. The summed E-state index contributed by atoms with van der Waals surface area (Å²) in [7, 11) is -3.89. The second kappa shape index (κ2) is 9.78. The first-order chi connectivity index (χ1) is 16.8. The van der Waals surface area contributed by atoms with Gasteiger partial charge in [0.2, 0.25) is 0 Å². The van der Waals surface area contributed by atoms with Crippen LogP contribution in [0.5, 0.6) is 11.5 Å². The van der Waals surface area contributed by atoms with E-state index >= 15 is 0 Å². The van der Waals surface area contributed by atoms with Gasteiger partial charge in [0.05, 0.1) is 11.8 Å². The Balaban J connectivity index is 1.31. The number of likely N-dealkylation sites (tertiary alicyclic amines) is 1. The standard InChI is InChI=1S/C26H26ClFN2O4S/c27-20-7-10-25-26(15-20)35(32,33)30(22-3-1-2-4-24(22)34-25)16-18-11-13-29(14-12-18)17-23(31)19-5-8-21(28)9-6-19/h1-10,15,18,23,31H,11-14,16-17H2/t23-/m0/s1. The Morgan fingerprint density at radius 1 is 1.03 bits per heavy atom. The van der Waals surface area contributed by atoms with Crippen LogP contribution < -0.4 is 9.04 Å². The van der Waals surface area contributed by atoms with Crippen LogP contribution in [-0.2, 0) is 10.0 Å². The van der Waals surface area contributed by atoms with E-state index in [4.69, 9.17) is 16.3 Å². The summed E-state index contributed by atoms with van der Waals surface area (Å²) in [6.07, 6.45) is 0.865. The van der Waals surface area contributed by atoms with E-state index in [1.807, 2.05) is 6.07 Å². The Labute approximate surface area is 209 Å². The van der Waals surface area contributed by atoms with Crippen LogP contribution in [0.4, 0.5) is 10.1 Å². The first kappa shape index (κ1) is 24.1. The number of benzene rings is 3. The van der Waals surface area contributed by atoms with Gasteiger partial charge in [-0.25, -0.2) is 12.8 Å². The lowest BCUT2D eigenvalue weighted by Gasteiger charge is -2.35. The van der Waals surface area contributed by atoms with Crippen molar-refractivity contribution in [2.24, 2.45) is 5.92 Å². The van der Waals surface area contributed by atoms with Crippen molar-refractivity contribution >= 4 is 27.3 Å². The molecule has 2 heterocycles. The van der Waals surface area contributed by atoms with Crippen LogP contribution in [0.1, 0.15) is 24.5 Å². The smallest absolute Gasteiger partial charge is 0.268 e. The third-order valence-corrected chi connectivity index (χ3v) is 8.68. The van der Waals surface area contributed by atoms with Crippen LogP contribution in [0, 0.1) is 11.7 Å². The average Bonchev–Trinajstić information content (AvgIpc) is 2.93. The van der Waals surface area contributed by atoms with Gasteiger partial charge in [-0.1, -0.05) is 35.9 Å². The SMILES string of the molecule is O=S1(=O)c2cc(Cl)ccc2Oc2ccccc2N1CC1CCN(C[C@H](O)c2ccc(F)cc2)CC1. The normalized spacial score (nSPS) is 18.8. The molecule has 2 aliphatic heterocycles. The van der Waals surface area contributed by atoms with E-state index in [-0.39, 0.29) is 22.4 Å². The topological polar surface area (TPSA) is 70.1 Å². The molecule has 1 saturated heterocycles. The number of aliphatic hydroxyl groups is 1. The third-order valence-electron chi connectivity index (χ3n) is 6.64. The maximum absolute atomic E-state index is 13.7. The van der Waals surface area contributed by atoms with E-state index in [2.05, 4.69) is 4.90 Å². The number of piperidine rings is 1. The quantitative estimate of drug-likeness (QED) is 0.503. The minimum Gasteiger partial charge on any atom is -0.454 e. The molecule has 1 atom stereocenters. The van der Waals surface area contributed by atoms with Crippen LogP contribution >= 0.6 is 11.6 Å². The largest absolute Gasteiger partial charge is 0.454 e. The van der Waals surface area contributed by atoms with E-state index in [1.54, 1.807) is 42.5 Å². The van der Waals surface area contributed by atoms with Gasteiger partial charge in [-0.2, -0.15) is 0 Å². The highest BCUT2D eigenvalue weighted by atomic mass is 35.5. The van der Waals surface area contributed by atoms with E-state index in [0.29, 0.717) is 35.1 Å². The summed E-state index contributed by atoms with van der Waals surface area (Å²) >= 11 is 6.13. The molecule has 0 bridgehead atoms. The highest BCUT2D eigenvalue weighted by Gasteiger charge is 2.36. The van der Waals surface area contributed by atoms with Crippen LogP contribution in [0.15, 0.2) is 71.6 Å². The second-order valence-corrected chi connectivity index (χ2v) is 11.3. The first-order valence-electron chi connectivity index (χ1n) is 11.6. The average molecular weight is 517 g/mol. The molecule has 0 aromatic heterocycles. The molecule has 3 aromatic carbocycles. The van der Waals surface area contributed by atoms with Crippen molar-refractivity contribution in [3.05, 3.63) is 83.1 Å². The molecule has 5 rings (SSSR count). The Bertz CT molecular complexity index is 1310. The molecular weight excluding hydrogens is 491 g/mol. The van der Waals surface area contributed by atoms with Crippen molar-refractivity contribution in [1.29, 1.82) is 0 Å². The number of sulfonamides is 1. The van der Waals surface area contributed by atoms with Gasteiger partial charge in [0, 0.05) is 18.1 Å². The number of rotatable bonds is 5. The van der Waals surface area contributed by atoms with Gasteiger partial charge in [0.15, 0.2) is 5.75 Å². The minimum absolute atomic E-state index is 0.0565. The molecule has 0 spiro atoms. The molecule has 0 saturated carbocycles. The Hall–Kier alpha value is -2.65. The number of hydrogen-bond donors (Lipinski definition) is 1. The number of ether oxygens (including phenoxy) is 1. The van der Waals surface area contributed by atoms with Crippen molar-refractivity contribution in [3.63, 3.8) is 0 Å². The molecule has 1 fully saturated rings. The molecular formula is C26H26ClFN2O4S. The van der Waals surface area contributed by atoms with Crippen LogP contribution in [0.25, 0.3) is 0 Å². The predicted molar refractivity (Wildman–Crippen MR) is 133 cm³/mol. The van der Waals surface area contributed by atoms with Gasteiger partial charge < -0.3 is 14.7 Å². The van der Waals surface area contributed by atoms with E-state index in [9.17, 15) is 17.9 Å². The molecule has 0 aliphatic carbocycles. The molecule has 2 aliphatic rings. The van der Waals surface area contributed by atoms with Gasteiger partial charge in [-0.05, 0) is 79.9 Å². The zero-order chi connectivity index (χ0) is 24.6. The monoisotopic (exact) mass is 516 g/mol. The third kappa shape index (κ3) is 5.02. The van der Waals surface area contributed by atoms with E-state index < -0.39 is 16.1 Å². The van der Waals surface area contributed by atoms with Crippen molar-refractivity contribution in [1.82, 2.24) is 4.90 Å². The maximum atomic E-state index is 13.7. The minimum atomic E-state index is -3.89. The molecule has 0 unspecified atom stereocenters. The van der Waals surface area contributed by atoms with Gasteiger partial charge in [-0.3, -0.25) is 4.31 Å². The van der Waals surface area contributed by atoms with Gasteiger partial charge in [-0.15, -0.1) is 0 Å². The number of aliphatic hydroxyl groups excluding tert-OH is 1. The molecule has 1 N–H and O–H groups in total. The molecule has 184 valence electrons. The van der Waals surface area contributed by atoms with Crippen molar-refractivity contribution in [2.75, 3.05) is 30.5 Å². The fraction of sp³-hybridized carbons (Fsp3) is 0.308. The molecule has 6 nitrogen and oxygen atoms in total. The Morgan fingerprint density at radius 2 is 1.74 bits per heavy atom. The maximum Gasteiger partial charge on any atom is 0.268 e. The second-order valence-electron chi connectivity index (χ2n) is 9.01. The molecule has 35 heavy (non-hydrogen) atoms. The summed E-state index contributed by atoms with van der Waals surface area (Å²) in [6.45, 7) is 2.24. The lowest BCUT2D eigenvalue weighted by molar-refractivity contribution is 0.0904. The van der Waals surface area contributed by atoms with Gasteiger partial charge in [0.1, 0.15) is 16.5 Å². The zero-order valence-corrected chi connectivity index (χ0v) is 20.6. The fourth-order valence-electron chi connectivity index (χ4n) is 4.70. The van der Waals surface area contributed by atoms with E-state index in [1.165, 1.54) is 22.5 Å². The number of halogens is 2. The van der Waals surface area contributed by atoms with Crippen molar-refractivity contribution in [3.8, 4) is 11.5 Å². The molecule has 9 heteroatoms. The molecule has 0 amide bonds. The number of β-amino-alcohol motifs (C(OH)–C–C–N with tert-alkyl or cyclic N) is 1. The number of para-hydroxylation sites is 2. The van der Waals surface area contributed by atoms with Gasteiger partial charge >= 0.3 is 0 Å². The zero-order valence-electron chi connectivity index (χ0n) is 19.0. The van der Waals surface area contributed by atoms with Crippen LogP contribution in [-0.4, -0.2) is 44.6 Å². The lowest BCUT2D eigenvalue weighted by Crippen LogP contribution is -2.42. The number of hydrogen-bond acceptors (Lipinski definition) is 5. The predicted octanol–water partition coefficient (Wildman–Crippen LogP) is 5.23. The number of nitrogens with zero attached hydrogens (tertiary/aromatic N) is 2. The molecule has 0 radical (unpaired) electrons. The molecule has 3 aromatic rings. The summed E-state index contributed by atoms with van der Waals surface area (Å²) in [5, 5.41) is 10.9.